The first kappa shape index (κ1) is 9.33. The maximum Gasteiger partial charge on any atom is 0.322 e. The first-order valence-electron chi connectivity index (χ1n) is 3.98. The SMILES string of the molecule is N#CC1=CC=C(NCC(=O)O)CC1. The molecule has 0 aromatic carbocycles. The van der Waals surface area contributed by atoms with Crippen LogP contribution in [0.4, 0.5) is 0 Å². The molecule has 1 aliphatic rings. The minimum atomic E-state index is -0.879. The van der Waals surface area contributed by atoms with Gasteiger partial charge in [0.15, 0.2) is 0 Å². The zero-order valence-electron chi connectivity index (χ0n) is 7.08. The van der Waals surface area contributed by atoms with E-state index in [1.165, 1.54) is 0 Å². The summed E-state index contributed by atoms with van der Waals surface area (Å²) in [6.45, 7) is -0.0679. The van der Waals surface area contributed by atoms with Gasteiger partial charge in [0.25, 0.3) is 0 Å². The van der Waals surface area contributed by atoms with Crippen LogP contribution >= 0.6 is 0 Å². The number of aliphatic carboxylic acids is 1. The molecule has 0 aliphatic heterocycles. The lowest BCUT2D eigenvalue weighted by molar-refractivity contribution is -0.135. The average Bonchev–Trinajstić information content (AvgIpc) is 2.15. The van der Waals surface area contributed by atoms with Crippen LogP contribution in [0.2, 0.25) is 0 Å². The highest BCUT2D eigenvalue weighted by Crippen LogP contribution is 2.15. The van der Waals surface area contributed by atoms with E-state index in [0.29, 0.717) is 12.8 Å². The Hall–Kier alpha value is -1.76. The minimum absolute atomic E-state index is 0.0679. The van der Waals surface area contributed by atoms with Crippen LogP contribution in [0.15, 0.2) is 23.4 Å². The molecule has 0 unspecified atom stereocenters. The monoisotopic (exact) mass is 178 g/mol. The fraction of sp³-hybridized carbons (Fsp3) is 0.333. The van der Waals surface area contributed by atoms with Crippen molar-refractivity contribution < 1.29 is 9.90 Å². The standard InChI is InChI=1S/C9H10N2O2/c10-5-7-1-3-8(4-2-7)11-6-9(12)13/h1,3,11H,2,4,6H2,(H,12,13). The molecule has 13 heavy (non-hydrogen) atoms. The molecule has 0 amide bonds. The van der Waals surface area contributed by atoms with Crippen LogP contribution in [0, 0.1) is 11.3 Å². The molecule has 0 atom stereocenters. The van der Waals surface area contributed by atoms with Crippen LogP contribution in [0.1, 0.15) is 12.8 Å². The first-order valence-corrected chi connectivity index (χ1v) is 3.98. The van der Waals surface area contributed by atoms with Crippen molar-refractivity contribution in [3.05, 3.63) is 23.4 Å². The molecule has 1 aliphatic carbocycles. The molecule has 2 N–H and O–H groups in total. The van der Waals surface area contributed by atoms with Crippen molar-refractivity contribution in [2.45, 2.75) is 12.8 Å². The van der Waals surface area contributed by atoms with Gasteiger partial charge in [-0.2, -0.15) is 5.26 Å². The molecule has 0 aromatic rings. The van der Waals surface area contributed by atoms with E-state index in [1.54, 1.807) is 12.2 Å². The Kier molecular flexibility index (Phi) is 3.09. The molecule has 0 saturated heterocycles. The fourth-order valence-corrected chi connectivity index (χ4v) is 1.07. The molecule has 68 valence electrons. The zero-order valence-corrected chi connectivity index (χ0v) is 7.08. The van der Waals surface area contributed by atoms with Gasteiger partial charge in [0, 0.05) is 11.3 Å². The second kappa shape index (κ2) is 4.31. The number of hydrogen-bond acceptors (Lipinski definition) is 3. The molecule has 4 heteroatoms. The molecule has 0 heterocycles. The second-order valence-corrected chi connectivity index (χ2v) is 2.74. The number of nitrogens with zero attached hydrogens (tertiary/aromatic N) is 1. The molecule has 4 nitrogen and oxygen atoms in total. The summed E-state index contributed by atoms with van der Waals surface area (Å²) in [5.74, 6) is -0.879. The minimum Gasteiger partial charge on any atom is -0.480 e. The number of nitriles is 1. The van der Waals surface area contributed by atoms with E-state index in [1.807, 2.05) is 0 Å². The molecule has 0 saturated carbocycles. The summed E-state index contributed by atoms with van der Waals surface area (Å²) in [5, 5.41) is 19.7. The Balaban J connectivity index is 2.46. The van der Waals surface area contributed by atoms with Gasteiger partial charge in [-0.05, 0) is 25.0 Å². The van der Waals surface area contributed by atoms with Gasteiger partial charge >= 0.3 is 5.97 Å². The lowest BCUT2D eigenvalue weighted by Crippen LogP contribution is -2.22. The van der Waals surface area contributed by atoms with Gasteiger partial charge in [0.2, 0.25) is 0 Å². The Morgan fingerprint density at radius 1 is 1.62 bits per heavy atom. The lowest BCUT2D eigenvalue weighted by atomic mass is 10.0. The van der Waals surface area contributed by atoms with Crippen molar-refractivity contribution >= 4 is 5.97 Å². The number of carboxylic acid groups (broad SMARTS) is 1. The van der Waals surface area contributed by atoms with Gasteiger partial charge in [0.05, 0.1) is 6.07 Å². The number of carboxylic acids is 1. The van der Waals surface area contributed by atoms with E-state index >= 15 is 0 Å². The van der Waals surface area contributed by atoms with Crippen molar-refractivity contribution in [3.8, 4) is 6.07 Å². The molecular formula is C9H10N2O2. The number of carbonyl (C=O) groups is 1. The van der Waals surface area contributed by atoms with E-state index in [4.69, 9.17) is 10.4 Å². The van der Waals surface area contributed by atoms with Crippen molar-refractivity contribution in [3.63, 3.8) is 0 Å². The highest BCUT2D eigenvalue weighted by Gasteiger charge is 2.06. The molecule has 0 spiro atoms. The number of rotatable bonds is 3. The van der Waals surface area contributed by atoms with E-state index in [0.717, 1.165) is 11.3 Å². The van der Waals surface area contributed by atoms with E-state index < -0.39 is 5.97 Å². The molecule has 0 bridgehead atoms. The lowest BCUT2D eigenvalue weighted by Gasteiger charge is -2.11. The van der Waals surface area contributed by atoms with Crippen molar-refractivity contribution in [1.29, 1.82) is 5.26 Å². The maximum atomic E-state index is 10.2. The van der Waals surface area contributed by atoms with Gasteiger partial charge in [-0.25, -0.2) is 0 Å². The molecule has 0 fully saturated rings. The molecular weight excluding hydrogens is 168 g/mol. The zero-order chi connectivity index (χ0) is 9.68. The summed E-state index contributed by atoms with van der Waals surface area (Å²) < 4.78 is 0. The number of allylic oxidation sites excluding steroid dienone is 4. The first-order chi connectivity index (χ1) is 6.22. The summed E-state index contributed by atoms with van der Waals surface area (Å²) in [6, 6.07) is 2.06. The van der Waals surface area contributed by atoms with E-state index in [9.17, 15) is 4.79 Å². The molecule has 0 radical (unpaired) electrons. The quantitative estimate of drug-likeness (QED) is 0.670. The number of hydrogen-bond donors (Lipinski definition) is 2. The van der Waals surface area contributed by atoms with Gasteiger partial charge in [-0.1, -0.05) is 0 Å². The number of nitrogens with one attached hydrogen (secondary N) is 1. The molecule has 0 aromatic heterocycles. The third-order valence-corrected chi connectivity index (χ3v) is 1.76. The largest absolute Gasteiger partial charge is 0.480 e. The Morgan fingerprint density at radius 2 is 2.38 bits per heavy atom. The Bertz CT molecular complexity index is 310. The van der Waals surface area contributed by atoms with Crippen LogP contribution < -0.4 is 5.32 Å². The van der Waals surface area contributed by atoms with Crippen LogP contribution in [0.3, 0.4) is 0 Å². The highest BCUT2D eigenvalue weighted by molar-refractivity contribution is 5.69. The summed E-state index contributed by atoms with van der Waals surface area (Å²) in [7, 11) is 0. The van der Waals surface area contributed by atoms with Crippen LogP contribution in [-0.2, 0) is 4.79 Å². The highest BCUT2D eigenvalue weighted by atomic mass is 16.4. The van der Waals surface area contributed by atoms with Crippen LogP contribution in [0.25, 0.3) is 0 Å². The van der Waals surface area contributed by atoms with E-state index in [-0.39, 0.29) is 6.54 Å². The topological polar surface area (TPSA) is 73.1 Å². The predicted octanol–water partition coefficient (Wildman–Crippen LogP) is 0.788. The van der Waals surface area contributed by atoms with E-state index in [2.05, 4.69) is 11.4 Å². The molecule has 1 rings (SSSR count). The average molecular weight is 178 g/mol. The van der Waals surface area contributed by atoms with Gasteiger partial charge in [-0.3, -0.25) is 4.79 Å². The maximum absolute atomic E-state index is 10.2. The second-order valence-electron chi connectivity index (χ2n) is 2.74. The summed E-state index contributed by atoms with van der Waals surface area (Å²) in [4.78, 5) is 10.2. The van der Waals surface area contributed by atoms with Crippen molar-refractivity contribution in [2.75, 3.05) is 6.54 Å². The Labute approximate surface area is 76.2 Å². The van der Waals surface area contributed by atoms with Crippen LogP contribution in [-0.4, -0.2) is 17.6 Å². The van der Waals surface area contributed by atoms with Gasteiger partial charge in [0.1, 0.15) is 6.54 Å². The van der Waals surface area contributed by atoms with Crippen LogP contribution in [0.5, 0.6) is 0 Å². The summed E-state index contributed by atoms with van der Waals surface area (Å²) in [5.41, 5.74) is 1.61. The van der Waals surface area contributed by atoms with Crippen molar-refractivity contribution in [2.24, 2.45) is 0 Å². The predicted molar refractivity (Wildman–Crippen MR) is 46.7 cm³/mol. The fourth-order valence-electron chi connectivity index (χ4n) is 1.07. The van der Waals surface area contributed by atoms with Gasteiger partial charge < -0.3 is 10.4 Å². The summed E-state index contributed by atoms with van der Waals surface area (Å²) in [6.07, 6.45) is 4.88. The third kappa shape index (κ3) is 2.99. The van der Waals surface area contributed by atoms with Crippen molar-refractivity contribution in [1.82, 2.24) is 5.32 Å². The summed E-state index contributed by atoms with van der Waals surface area (Å²) >= 11 is 0. The Morgan fingerprint density at radius 3 is 2.85 bits per heavy atom. The normalized spacial score (nSPS) is 15.3. The third-order valence-electron chi connectivity index (χ3n) is 1.76. The smallest absolute Gasteiger partial charge is 0.322 e. The van der Waals surface area contributed by atoms with Gasteiger partial charge in [-0.15, -0.1) is 0 Å².